The number of piperidine rings is 1. The van der Waals surface area contributed by atoms with Crippen molar-refractivity contribution in [2.45, 2.75) is 24.3 Å². The molecule has 6 nitrogen and oxygen atoms in total. The van der Waals surface area contributed by atoms with E-state index in [2.05, 4.69) is 9.97 Å². The first-order valence-electron chi connectivity index (χ1n) is 9.58. The first-order chi connectivity index (χ1) is 14.3. The molecule has 1 fully saturated rings. The largest absolute Gasteiger partial charge is 0.392 e. The van der Waals surface area contributed by atoms with E-state index in [0.717, 1.165) is 25.0 Å². The molecule has 0 radical (unpaired) electrons. The Bertz CT molecular complexity index is 1000. The fourth-order valence-electron chi connectivity index (χ4n) is 3.92. The summed E-state index contributed by atoms with van der Waals surface area (Å²) in [6, 6.07) is 1.84. The standard InChI is InChI=1S/C20H22ClF2N3O3S.ClH/c21-15-9-16(22)13(8-17(15)23)19-24-18-11-30(28,29)10-14(18)20(25-19)26-5-3-12(4-6-26)2-1-7-27;/h1-2,8-9,12,27-29H,3-7,10-11H2;1H/b2-1-;. The first-order valence-corrected chi connectivity index (χ1v) is 11.8. The summed E-state index contributed by atoms with van der Waals surface area (Å²) in [5.74, 6) is -0.629. The van der Waals surface area contributed by atoms with Gasteiger partial charge in [-0.25, -0.2) is 18.7 Å². The third-order valence-electron chi connectivity index (χ3n) is 5.42. The van der Waals surface area contributed by atoms with Crippen LogP contribution in [-0.2, 0) is 11.5 Å². The summed E-state index contributed by atoms with van der Waals surface area (Å²) >= 11 is 5.66. The Morgan fingerprint density at radius 1 is 1.13 bits per heavy atom. The Kier molecular flexibility index (Phi) is 7.45. The number of hydrogen-bond acceptors (Lipinski definition) is 6. The van der Waals surface area contributed by atoms with Crippen molar-refractivity contribution in [3.05, 3.63) is 52.2 Å². The molecule has 0 aliphatic carbocycles. The maximum atomic E-state index is 14.5. The zero-order chi connectivity index (χ0) is 21.5. The van der Waals surface area contributed by atoms with Crippen molar-refractivity contribution in [3.63, 3.8) is 0 Å². The number of benzene rings is 1. The van der Waals surface area contributed by atoms with Crippen LogP contribution in [0, 0.1) is 17.6 Å². The minimum absolute atomic E-state index is 0. The van der Waals surface area contributed by atoms with Crippen molar-refractivity contribution >= 4 is 40.4 Å². The number of allylic oxidation sites excluding steroid dienone is 1. The highest BCUT2D eigenvalue weighted by atomic mass is 35.5. The summed E-state index contributed by atoms with van der Waals surface area (Å²) in [6.07, 6.45) is 5.40. The van der Waals surface area contributed by atoms with E-state index in [1.54, 1.807) is 6.08 Å². The molecular weight excluding hydrogens is 471 g/mol. The van der Waals surface area contributed by atoms with Gasteiger partial charge in [0, 0.05) is 18.7 Å². The number of aliphatic hydroxyl groups excluding tert-OH is 1. The number of aromatic nitrogens is 2. The third kappa shape index (κ3) is 5.13. The van der Waals surface area contributed by atoms with Gasteiger partial charge < -0.3 is 10.0 Å². The van der Waals surface area contributed by atoms with Crippen molar-refractivity contribution in [1.82, 2.24) is 9.97 Å². The van der Waals surface area contributed by atoms with Crippen LogP contribution >= 0.6 is 34.6 Å². The van der Waals surface area contributed by atoms with Gasteiger partial charge in [0.1, 0.15) is 17.5 Å². The van der Waals surface area contributed by atoms with Crippen LogP contribution in [-0.4, -0.2) is 43.9 Å². The second-order valence-electron chi connectivity index (χ2n) is 7.57. The minimum atomic E-state index is -2.87. The maximum absolute atomic E-state index is 14.5. The number of hydrogen-bond donors (Lipinski definition) is 3. The number of fused-ring (bicyclic) bond motifs is 1. The van der Waals surface area contributed by atoms with E-state index >= 15 is 0 Å². The van der Waals surface area contributed by atoms with Gasteiger partial charge in [-0.1, -0.05) is 23.8 Å². The average molecular weight is 494 g/mol. The molecule has 31 heavy (non-hydrogen) atoms. The molecule has 11 heteroatoms. The van der Waals surface area contributed by atoms with Crippen molar-refractivity contribution in [2.24, 2.45) is 5.92 Å². The Morgan fingerprint density at radius 2 is 1.84 bits per heavy atom. The molecular formula is C20H23Cl2F2N3O3S. The van der Waals surface area contributed by atoms with E-state index in [0.29, 0.717) is 36.1 Å². The van der Waals surface area contributed by atoms with Crippen LogP contribution in [0.3, 0.4) is 0 Å². The summed E-state index contributed by atoms with van der Waals surface area (Å²) in [5, 5.41) is 8.63. The predicted octanol–water partition coefficient (Wildman–Crippen LogP) is 5.03. The first kappa shape index (κ1) is 24.2. The smallest absolute Gasteiger partial charge is 0.164 e. The Hall–Kier alpha value is -1.49. The number of nitrogens with zero attached hydrogens (tertiary/aromatic N) is 3. The lowest BCUT2D eigenvalue weighted by atomic mass is 9.96. The fraction of sp³-hybridized carbons (Fsp3) is 0.400. The summed E-state index contributed by atoms with van der Waals surface area (Å²) in [4.78, 5) is 10.9. The second-order valence-corrected chi connectivity index (χ2v) is 10.2. The van der Waals surface area contributed by atoms with Gasteiger partial charge in [0.05, 0.1) is 34.4 Å². The number of halogens is 4. The molecule has 0 spiro atoms. The molecule has 4 rings (SSSR count). The average Bonchev–Trinajstić information content (AvgIpc) is 3.02. The SMILES string of the molecule is Cl.OC/C=C\C1CCN(c2nc(-c3cc(F)c(Cl)cc3F)nc3c2CS(O)(O)C3)CC1. The van der Waals surface area contributed by atoms with Crippen molar-refractivity contribution in [2.75, 3.05) is 24.6 Å². The topological polar surface area (TPSA) is 89.7 Å². The van der Waals surface area contributed by atoms with E-state index in [-0.39, 0.29) is 46.9 Å². The lowest BCUT2D eigenvalue weighted by Gasteiger charge is -2.33. The van der Waals surface area contributed by atoms with E-state index in [1.807, 2.05) is 11.0 Å². The molecule has 3 heterocycles. The Balaban J connectivity index is 0.00000272. The molecule has 0 atom stereocenters. The van der Waals surface area contributed by atoms with Gasteiger partial charge in [0.15, 0.2) is 5.82 Å². The molecule has 0 unspecified atom stereocenters. The lowest BCUT2D eigenvalue weighted by molar-refractivity contribution is 0.340. The van der Waals surface area contributed by atoms with Gasteiger partial charge in [-0.3, -0.25) is 9.11 Å². The monoisotopic (exact) mass is 493 g/mol. The van der Waals surface area contributed by atoms with Crippen molar-refractivity contribution < 1.29 is 23.0 Å². The van der Waals surface area contributed by atoms with Gasteiger partial charge in [-0.2, -0.15) is 10.6 Å². The van der Waals surface area contributed by atoms with Crippen molar-refractivity contribution in [3.8, 4) is 11.4 Å². The van der Waals surface area contributed by atoms with Crippen LogP contribution in [0.4, 0.5) is 14.6 Å². The van der Waals surface area contributed by atoms with Gasteiger partial charge in [0.25, 0.3) is 0 Å². The third-order valence-corrected chi connectivity index (χ3v) is 7.19. The molecule has 3 N–H and O–H groups in total. The number of rotatable bonds is 4. The zero-order valence-corrected chi connectivity index (χ0v) is 18.9. The van der Waals surface area contributed by atoms with Gasteiger partial charge >= 0.3 is 0 Å². The fourth-order valence-corrected chi connectivity index (χ4v) is 5.61. The van der Waals surface area contributed by atoms with Crippen molar-refractivity contribution in [1.29, 1.82) is 0 Å². The molecule has 1 aromatic carbocycles. The predicted molar refractivity (Wildman–Crippen MR) is 121 cm³/mol. The highest BCUT2D eigenvalue weighted by Crippen LogP contribution is 2.54. The summed E-state index contributed by atoms with van der Waals surface area (Å²) in [5.41, 5.74) is 0.982. The summed E-state index contributed by atoms with van der Waals surface area (Å²) in [7, 11) is -2.87. The van der Waals surface area contributed by atoms with Crippen LogP contribution in [0.1, 0.15) is 24.1 Å². The van der Waals surface area contributed by atoms with Gasteiger partial charge in [-0.15, -0.1) is 12.4 Å². The van der Waals surface area contributed by atoms with Crippen LogP contribution in [0.25, 0.3) is 11.4 Å². The number of anilines is 1. The van der Waals surface area contributed by atoms with Crippen LogP contribution < -0.4 is 4.90 Å². The highest BCUT2D eigenvalue weighted by molar-refractivity contribution is 8.23. The highest BCUT2D eigenvalue weighted by Gasteiger charge is 2.33. The molecule has 1 aromatic heterocycles. The van der Waals surface area contributed by atoms with Crippen LogP contribution in [0.2, 0.25) is 5.02 Å². The van der Waals surface area contributed by atoms with Gasteiger partial charge in [0.2, 0.25) is 0 Å². The van der Waals surface area contributed by atoms with Crippen LogP contribution in [0.5, 0.6) is 0 Å². The molecule has 0 amide bonds. The molecule has 1 saturated heterocycles. The molecule has 2 aliphatic heterocycles. The second kappa shape index (κ2) is 9.56. The van der Waals surface area contributed by atoms with Gasteiger partial charge in [-0.05, 0) is 30.9 Å². The maximum Gasteiger partial charge on any atom is 0.164 e. The Morgan fingerprint density at radius 3 is 2.52 bits per heavy atom. The summed E-state index contributed by atoms with van der Waals surface area (Å²) in [6.45, 7) is 1.34. The zero-order valence-electron chi connectivity index (χ0n) is 16.5. The normalized spacial score (nSPS) is 19.4. The summed E-state index contributed by atoms with van der Waals surface area (Å²) < 4.78 is 49.0. The van der Waals surface area contributed by atoms with E-state index in [1.165, 1.54) is 0 Å². The number of aliphatic hydroxyl groups is 1. The minimum Gasteiger partial charge on any atom is -0.392 e. The molecule has 2 aromatic rings. The quantitative estimate of drug-likeness (QED) is 0.408. The van der Waals surface area contributed by atoms with E-state index in [9.17, 15) is 17.9 Å². The van der Waals surface area contributed by atoms with E-state index in [4.69, 9.17) is 16.7 Å². The van der Waals surface area contributed by atoms with E-state index < -0.39 is 22.2 Å². The molecule has 2 aliphatic rings. The Labute approximate surface area is 191 Å². The molecule has 0 bridgehead atoms. The molecule has 0 saturated carbocycles. The lowest BCUT2D eigenvalue weighted by Crippen LogP contribution is -2.34. The molecule has 170 valence electrons. The van der Waals surface area contributed by atoms with Crippen LogP contribution in [0.15, 0.2) is 24.3 Å².